The van der Waals surface area contributed by atoms with Gasteiger partial charge in [-0.25, -0.2) is 0 Å². The van der Waals surface area contributed by atoms with Gasteiger partial charge < -0.3 is 0 Å². The molecule has 1 fully saturated rings. The van der Waals surface area contributed by atoms with Gasteiger partial charge in [-0.2, -0.15) is 0 Å². The Labute approximate surface area is 123 Å². The summed E-state index contributed by atoms with van der Waals surface area (Å²) in [5, 5.41) is 0. The summed E-state index contributed by atoms with van der Waals surface area (Å²) >= 11 is 0. The van der Waals surface area contributed by atoms with Crippen LogP contribution in [0.3, 0.4) is 0 Å². The Morgan fingerprint density at radius 2 is 1.62 bits per heavy atom. The minimum Gasteiger partial charge on any atom is -0.277 e. The molecular weight excluding hydrogens is 272 g/mol. The first-order valence-electron chi connectivity index (χ1n) is 7.09. The summed E-state index contributed by atoms with van der Waals surface area (Å²) in [7, 11) is 0. The van der Waals surface area contributed by atoms with E-state index in [4.69, 9.17) is 0 Å². The van der Waals surface area contributed by atoms with Crippen molar-refractivity contribution in [1.82, 2.24) is 9.80 Å². The number of likely N-dealkylation sites (tertiary alicyclic amines) is 1. The highest BCUT2D eigenvalue weighted by Crippen LogP contribution is 2.31. The van der Waals surface area contributed by atoms with Crippen molar-refractivity contribution in [2.45, 2.75) is 58.5 Å². The highest BCUT2D eigenvalue weighted by molar-refractivity contribution is 6.16. The zero-order valence-corrected chi connectivity index (χ0v) is 12.8. The first-order valence-corrected chi connectivity index (χ1v) is 7.09. The summed E-state index contributed by atoms with van der Waals surface area (Å²) in [6.07, 6.45) is 1.94. The molecule has 0 unspecified atom stereocenters. The van der Waals surface area contributed by atoms with E-state index in [1.54, 1.807) is 27.7 Å². The van der Waals surface area contributed by atoms with Gasteiger partial charge in [-0.3, -0.25) is 29.0 Å². The zero-order chi connectivity index (χ0) is 15.9. The summed E-state index contributed by atoms with van der Waals surface area (Å²) in [4.78, 5) is 50.2. The lowest BCUT2D eigenvalue weighted by Gasteiger charge is -2.34. The molecule has 1 saturated heterocycles. The van der Waals surface area contributed by atoms with Crippen molar-refractivity contribution in [2.24, 2.45) is 0 Å². The van der Waals surface area contributed by atoms with Crippen molar-refractivity contribution in [3.05, 3.63) is 11.6 Å². The van der Waals surface area contributed by atoms with Crippen molar-refractivity contribution in [3.8, 4) is 0 Å². The van der Waals surface area contributed by atoms with Gasteiger partial charge in [-0.05, 0) is 27.7 Å². The highest BCUT2D eigenvalue weighted by atomic mass is 16.2. The third kappa shape index (κ3) is 2.62. The van der Waals surface area contributed by atoms with Crippen molar-refractivity contribution in [3.63, 3.8) is 0 Å². The normalized spacial score (nSPS) is 20.1. The smallest absolute Gasteiger partial charge is 0.257 e. The predicted octanol–water partition coefficient (Wildman–Crippen LogP) is 1.01. The maximum absolute atomic E-state index is 12.3. The minimum atomic E-state index is -0.806. The summed E-state index contributed by atoms with van der Waals surface area (Å²) in [5.41, 5.74) is -0.453. The molecule has 2 aliphatic rings. The van der Waals surface area contributed by atoms with Gasteiger partial charge in [0.05, 0.1) is 0 Å². The summed E-state index contributed by atoms with van der Waals surface area (Å²) < 4.78 is 0. The van der Waals surface area contributed by atoms with E-state index >= 15 is 0 Å². The lowest BCUT2D eigenvalue weighted by Crippen LogP contribution is -2.48. The zero-order valence-electron chi connectivity index (χ0n) is 12.8. The van der Waals surface area contributed by atoms with E-state index in [1.165, 1.54) is 15.9 Å². The van der Waals surface area contributed by atoms with Gasteiger partial charge in [0.15, 0.2) is 0 Å². The summed E-state index contributed by atoms with van der Waals surface area (Å²) in [6, 6.07) is -0.211. The molecule has 4 amide bonds. The van der Waals surface area contributed by atoms with Crippen LogP contribution in [-0.2, 0) is 19.2 Å². The molecular formula is C15H20N2O4. The predicted molar refractivity (Wildman–Crippen MR) is 74.9 cm³/mol. The molecule has 0 spiro atoms. The number of hydrogen-bond donors (Lipinski definition) is 0. The molecule has 0 N–H and O–H groups in total. The Morgan fingerprint density at radius 1 is 1.10 bits per heavy atom. The molecule has 0 radical (unpaired) electrons. The molecule has 0 aromatic rings. The summed E-state index contributed by atoms with van der Waals surface area (Å²) in [6.45, 7) is 7.02. The van der Waals surface area contributed by atoms with Crippen LogP contribution in [0.5, 0.6) is 0 Å². The van der Waals surface area contributed by atoms with Crippen LogP contribution in [0, 0.1) is 0 Å². The average molecular weight is 292 g/mol. The van der Waals surface area contributed by atoms with Gasteiger partial charge in [0.25, 0.3) is 11.8 Å². The molecule has 0 aliphatic carbocycles. The SMILES string of the molecule is CC(C)N1C(=O)C=C(CC(C)(C)N2C(=O)CCC2=O)C1=O. The van der Waals surface area contributed by atoms with Crippen molar-refractivity contribution < 1.29 is 19.2 Å². The second-order valence-corrected chi connectivity index (χ2v) is 6.39. The fraction of sp³-hybridized carbons (Fsp3) is 0.600. The number of hydrogen-bond acceptors (Lipinski definition) is 4. The molecule has 0 aromatic carbocycles. The molecule has 0 aromatic heterocycles. The first kappa shape index (κ1) is 15.4. The molecule has 0 bridgehead atoms. The molecule has 0 atom stereocenters. The number of carbonyl (C=O) groups excluding carboxylic acids is 4. The Kier molecular flexibility index (Phi) is 3.74. The van der Waals surface area contributed by atoms with Gasteiger partial charge in [0.1, 0.15) is 0 Å². The van der Waals surface area contributed by atoms with Crippen LogP contribution >= 0.6 is 0 Å². The second-order valence-electron chi connectivity index (χ2n) is 6.39. The maximum atomic E-state index is 12.3. The van der Waals surface area contributed by atoms with E-state index in [0.29, 0.717) is 5.57 Å². The van der Waals surface area contributed by atoms with Crippen LogP contribution in [0.1, 0.15) is 47.0 Å². The minimum absolute atomic E-state index is 0.193. The maximum Gasteiger partial charge on any atom is 0.257 e. The monoisotopic (exact) mass is 292 g/mol. The van der Waals surface area contributed by atoms with Crippen LogP contribution < -0.4 is 0 Å². The third-order valence-electron chi connectivity index (χ3n) is 3.82. The molecule has 2 aliphatic heterocycles. The summed E-state index contributed by atoms with van der Waals surface area (Å²) in [5.74, 6) is -1.10. The second kappa shape index (κ2) is 5.09. The lowest BCUT2D eigenvalue weighted by atomic mass is 9.93. The van der Waals surface area contributed by atoms with E-state index in [1.807, 2.05) is 0 Å². The van der Waals surface area contributed by atoms with E-state index in [0.717, 1.165) is 0 Å². The number of rotatable bonds is 4. The van der Waals surface area contributed by atoms with Crippen LogP contribution in [0.4, 0.5) is 0 Å². The first-order chi connectivity index (χ1) is 9.65. The molecule has 2 heterocycles. The quantitative estimate of drug-likeness (QED) is 0.725. The molecule has 21 heavy (non-hydrogen) atoms. The lowest BCUT2D eigenvalue weighted by molar-refractivity contribution is -0.145. The van der Waals surface area contributed by atoms with Crippen LogP contribution in [0.15, 0.2) is 11.6 Å². The Morgan fingerprint density at radius 3 is 2.05 bits per heavy atom. The Hall–Kier alpha value is -1.98. The number of carbonyl (C=O) groups is 4. The van der Waals surface area contributed by atoms with E-state index in [-0.39, 0.29) is 48.9 Å². The topological polar surface area (TPSA) is 74.8 Å². The van der Waals surface area contributed by atoms with Crippen molar-refractivity contribution >= 4 is 23.6 Å². The van der Waals surface area contributed by atoms with Crippen molar-refractivity contribution in [2.75, 3.05) is 0 Å². The van der Waals surface area contributed by atoms with Gasteiger partial charge in [-0.1, -0.05) is 0 Å². The molecule has 114 valence electrons. The largest absolute Gasteiger partial charge is 0.277 e. The van der Waals surface area contributed by atoms with Crippen LogP contribution in [-0.4, -0.2) is 45.0 Å². The Balaban J connectivity index is 2.20. The Bertz CT molecular complexity index is 544. The standard InChI is InChI=1S/C15H20N2O4/c1-9(2)16-13(20)7-10(14(16)21)8-15(3,4)17-11(18)5-6-12(17)19/h7,9H,5-6,8H2,1-4H3. The fourth-order valence-electron chi connectivity index (χ4n) is 2.95. The number of imide groups is 2. The van der Waals surface area contributed by atoms with Crippen LogP contribution in [0.2, 0.25) is 0 Å². The molecule has 6 heteroatoms. The third-order valence-corrected chi connectivity index (χ3v) is 3.82. The molecule has 2 rings (SSSR count). The van der Waals surface area contributed by atoms with Crippen molar-refractivity contribution in [1.29, 1.82) is 0 Å². The van der Waals surface area contributed by atoms with Gasteiger partial charge in [0.2, 0.25) is 11.8 Å². The number of amides is 4. The van der Waals surface area contributed by atoms with E-state index < -0.39 is 5.54 Å². The van der Waals surface area contributed by atoms with E-state index in [9.17, 15) is 19.2 Å². The van der Waals surface area contributed by atoms with Gasteiger partial charge >= 0.3 is 0 Å². The van der Waals surface area contributed by atoms with Gasteiger partial charge in [-0.15, -0.1) is 0 Å². The molecule has 0 saturated carbocycles. The van der Waals surface area contributed by atoms with E-state index in [2.05, 4.69) is 0 Å². The molecule has 6 nitrogen and oxygen atoms in total. The highest BCUT2D eigenvalue weighted by Gasteiger charge is 2.43. The average Bonchev–Trinajstić information content (AvgIpc) is 2.80. The fourth-order valence-corrected chi connectivity index (χ4v) is 2.95. The number of nitrogens with zero attached hydrogens (tertiary/aromatic N) is 2. The van der Waals surface area contributed by atoms with Crippen LogP contribution in [0.25, 0.3) is 0 Å². The van der Waals surface area contributed by atoms with Gasteiger partial charge in [0, 0.05) is 42.5 Å².